The number of rotatable bonds is 11. The van der Waals surface area contributed by atoms with Gasteiger partial charge in [-0.1, -0.05) is 42.5 Å². The first-order valence-electron chi connectivity index (χ1n) is 9.78. The second-order valence-corrected chi connectivity index (χ2v) is 6.82. The summed E-state index contributed by atoms with van der Waals surface area (Å²) in [7, 11) is 3.19. The highest BCUT2D eigenvalue weighted by atomic mass is 16.5. The Hall–Kier alpha value is -2.86. The van der Waals surface area contributed by atoms with Crippen molar-refractivity contribution in [2.45, 2.75) is 32.4 Å². The number of carbonyl (C=O) groups is 2. The number of aryl methyl sites for hydroxylation is 1. The topological polar surface area (TPSA) is 67.9 Å². The predicted molar refractivity (Wildman–Crippen MR) is 113 cm³/mol. The van der Waals surface area contributed by atoms with Gasteiger partial charge in [0.1, 0.15) is 11.8 Å². The van der Waals surface area contributed by atoms with Gasteiger partial charge in [0.2, 0.25) is 11.8 Å². The fourth-order valence-corrected chi connectivity index (χ4v) is 2.97. The molecule has 1 unspecified atom stereocenters. The lowest BCUT2D eigenvalue weighted by atomic mass is 10.1. The molecular formula is C23H30N2O4. The number of hydrogen-bond acceptors (Lipinski definition) is 4. The van der Waals surface area contributed by atoms with Crippen LogP contribution in [0.2, 0.25) is 0 Å². The highest BCUT2D eigenvalue weighted by molar-refractivity contribution is 5.87. The van der Waals surface area contributed by atoms with Crippen LogP contribution in [0, 0.1) is 0 Å². The van der Waals surface area contributed by atoms with Gasteiger partial charge in [0.25, 0.3) is 0 Å². The zero-order chi connectivity index (χ0) is 21.1. The third-order valence-corrected chi connectivity index (χ3v) is 4.76. The van der Waals surface area contributed by atoms with E-state index in [9.17, 15) is 9.59 Å². The molecule has 0 spiro atoms. The van der Waals surface area contributed by atoms with Crippen molar-refractivity contribution in [3.8, 4) is 5.75 Å². The van der Waals surface area contributed by atoms with Crippen LogP contribution >= 0.6 is 0 Å². The third-order valence-electron chi connectivity index (χ3n) is 4.76. The Kier molecular flexibility index (Phi) is 9.18. The minimum atomic E-state index is -0.586. The molecule has 0 bridgehead atoms. The molecule has 2 rings (SSSR count). The maximum absolute atomic E-state index is 13.0. The summed E-state index contributed by atoms with van der Waals surface area (Å²) in [6.07, 6.45) is 0.979. The van der Waals surface area contributed by atoms with Crippen molar-refractivity contribution in [2.75, 3.05) is 27.4 Å². The Balaban J connectivity index is 2.09. The Morgan fingerprint density at radius 3 is 2.31 bits per heavy atom. The largest absolute Gasteiger partial charge is 0.497 e. The molecule has 0 aliphatic heterocycles. The van der Waals surface area contributed by atoms with E-state index in [4.69, 9.17) is 9.47 Å². The van der Waals surface area contributed by atoms with E-state index in [1.165, 1.54) is 0 Å². The number of benzene rings is 2. The van der Waals surface area contributed by atoms with E-state index >= 15 is 0 Å². The number of nitrogens with zero attached hydrogens (tertiary/aromatic N) is 1. The van der Waals surface area contributed by atoms with Crippen molar-refractivity contribution in [2.24, 2.45) is 0 Å². The number of hydrogen-bond donors (Lipinski definition) is 1. The molecule has 156 valence electrons. The van der Waals surface area contributed by atoms with Gasteiger partial charge in [-0.15, -0.1) is 0 Å². The summed E-state index contributed by atoms with van der Waals surface area (Å²) in [6, 6.07) is 16.8. The number of amides is 2. The van der Waals surface area contributed by atoms with E-state index in [-0.39, 0.29) is 11.8 Å². The smallest absolute Gasteiger partial charge is 0.242 e. The van der Waals surface area contributed by atoms with E-state index in [0.29, 0.717) is 32.5 Å². The fraction of sp³-hybridized carbons (Fsp3) is 0.391. The van der Waals surface area contributed by atoms with Gasteiger partial charge in [0, 0.05) is 26.6 Å². The van der Waals surface area contributed by atoms with Gasteiger partial charge in [-0.05, 0) is 36.6 Å². The summed E-state index contributed by atoms with van der Waals surface area (Å²) >= 11 is 0. The molecule has 1 atom stereocenters. The second-order valence-electron chi connectivity index (χ2n) is 6.82. The summed E-state index contributed by atoms with van der Waals surface area (Å²) in [6.45, 7) is 2.95. The van der Waals surface area contributed by atoms with Crippen LogP contribution in [0.4, 0.5) is 0 Å². The van der Waals surface area contributed by atoms with Crippen LogP contribution in [0.1, 0.15) is 24.5 Å². The molecule has 0 aliphatic carbocycles. The van der Waals surface area contributed by atoms with Crippen molar-refractivity contribution in [1.82, 2.24) is 10.2 Å². The maximum Gasteiger partial charge on any atom is 0.242 e. The molecule has 0 heterocycles. The van der Waals surface area contributed by atoms with Crippen LogP contribution in [-0.2, 0) is 27.3 Å². The first-order valence-corrected chi connectivity index (χ1v) is 9.78. The van der Waals surface area contributed by atoms with Gasteiger partial charge in [0.15, 0.2) is 0 Å². The summed E-state index contributed by atoms with van der Waals surface area (Å²) in [5, 5.41) is 2.82. The van der Waals surface area contributed by atoms with Gasteiger partial charge in [-0.2, -0.15) is 0 Å². The summed E-state index contributed by atoms with van der Waals surface area (Å²) in [5.41, 5.74) is 2.04. The maximum atomic E-state index is 13.0. The SMILES string of the molecule is COCCNC(=O)C(C)N(Cc1ccc(OC)cc1)C(=O)CCc1ccccc1. The van der Waals surface area contributed by atoms with E-state index < -0.39 is 6.04 Å². The third kappa shape index (κ3) is 7.23. The van der Waals surface area contributed by atoms with Crippen LogP contribution in [0.25, 0.3) is 0 Å². The van der Waals surface area contributed by atoms with Crippen molar-refractivity contribution < 1.29 is 19.1 Å². The lowest BCUT2D eigenvalue weighted by molar-refractivity contribution is -0.140. The predicted octanol–water partition coefficient (Wildman–Crippen LogP) is 2.81. The minimum absolute atomic E-state index is 0.0564. The molecule has 0 radical (unpaired) electrons. The molecule has 6 nitrogen and oxygen atoms in total. The summed E-state index contributed by atoms with van der Waals surface area (Å²) in [4.78, 5) is 27.2. The lowest BCUT2D eigenvalue weighted by Gasteiger charge is -2.29. The molecule has 0 aliphatic rings. The van der Waals surface area contributed by atoms with E-state index in [1.807, 2.05) is 54.6 Å². The Labute approximate surface area is 172 Å². The van der Waals surface area contributed by atoms with E-state index in [1.54, 1.807) is 26.0 Å². The Morgan fingerprint density at radius 1 is 1.00 bits per heavy atom. The lowest BCUT2D eigenvalue weighted by Crippen LogP contribution is -2.48. The van der Waals surface area contributed by atoms with Crippen LogP contribution < -0.4 is 10.1 Å². The molecule has 0 fully saturated rings. The van der Waals surface area contributed by atoms with Crippen LogP contribution in [0.3, 0.4) is 0 Å². The molecule has 2 aromatic rings. The van der Waals surface area contributed by atoms with Crippen LogP contribution in [0.15, 0.2) is 54.6 Å². The van der Waals surface area contributed by atoms with E-state index in [0.717, 1.165) is 16.9 Å². The molecule has 2 amide bonds. The fourth-order valence-electron chi connectivity index (χ4n) is 2.97. The number of carbonyl (C=O) groups excluding carboxylic acids is 2. The zero-order valence-corrected chi connectivity index (χ0v) is 17.4. The minimum Gasteiger partial charge on any atom is -0.497 e. The van der Waals surface area contributed by atoms with Gasteiger partial charge in [-0.25, -0.2) is 0 Å². The van der Waals surface area contributed by atoms with Crippen molar-refractivity contribution in [3.63, 3.8) is 0 Å². The Morgan fingerprint density at radius 2 is 1.69 bits per heavy atom. The van der Waals surface area contributed by atoms with Gasteiger partial charge < -0.3 is 19.7 Å². The normalized spacial score (nSPS) is 11.6. The molecular weight excluding hydrogens is 368 g/mol. The summed E-state index contributed by atoms with van der Waals surface area (Å²) in [5.74, 6) is 0.503. The van der Waals surface area contributed by atoms with E-state index in [2.05, 4.69) is 5.32 Å². The monoisotopic (exact) mass is 398 g/mol. The highest BCUT2D eigenvalue weighted by Gasteiger charge is 2.25. The average Bonchev–Trinajstić information content (AvgIpc) is 2.76. The molecule has 0 saturated heterocycles. The number of methoxy groups -OCH3 is 2. The molecule has 2 aromatic carbocycles. The molecule has 1 N–H and O–H groups in total. The average molecular weight is 399 g/mol. The molecule has 6 heteroatoms. The summed E-state index contributed by atoms with van der Waals surface area (Å²) < 4.78 is 10.2. The quantitative estimate of drug-likeness (QED) is 0.591. The zero-order valence-electron chi connectivity index (χ0n) is 17.4. The number of nitrogens with one attached hydrogen (secondary N) is 1. The van der Waals surface area contributed by atoms with Gasteiger partial charge >= 0.3 is 0 Å². The van der Waals surface area contributed by atoms with Crippen LogP contribution in [0.5, 0.6) is 5.75 Å². The van der Waals surface area contributed by atoms with Gasteiger partial charge in [-0.3, -0.25) is 9.59 Å². The first kappa shape index (κ1) is 22.4. The number of ether oxygens (including phenoxy) is 2. The standard InChI is InChI=1S/C23H30N2O4/c1-18(23(27)24-15-16-28-2)25(17-20-9-12-21(29-3)13-10-20)22(26)14-11-19-7-5-4-6-8-19/h4-10,12-13,18H,11,14-17H2,1-3H3,(H,24,27). The van der Waals surface area contributed by atoms with Crippen molar-refractivity contribution in [1.29, 1.82) is 0 Å². The van der Waals surface area contributed by atoms with Crippen molar-refractivity contribution in [3.05, 3.63) is 65.7 Å². The van der Waals surface area contributed by atoms with Crippen molar-refractivity contribution >= 4 is 11.8 Å². The second kappa shape index (κ2) is 11.9. The highest BCUT2D eigenvalue weighted by Crippen LogP contribution is 2.16. The first-order chi connectivity index (χ1) is 14.0. The Bertz CT molecular complexity index is 762. The van der Waals surface area contributed by atoms with Gasteiger partial charge in [0.05, 0.1) is 13.7 Å². The molecule has 29 heavy (non-hydrogen) atoms. The van der Waals surface area contributed by atoms with Crippen LogP contribution in [-0.4, -0.2) is 50.1 Å². The molecule has 0 saturated carbocycles. The molecule has 0 aromatic heterocycles.